The molecular weight excluding hydrogens is 300 g/mol. The van der Waals surface area contributed by atoms with Crippen molar-refractivity contribution in [2.75, 3.05) is 24.4 Å². The number of nitrogens with two attached hydrogens (primary N) is 1. The van der Waals surface area contributed by atoms with E-state index in [2.05, 4.69) is 14.8 Å². The average molecular weight is 316 g/mol. The molecule has 0 fully saturated rings. The second-order valence-corrected chi connectivity index (χ2v) is 5.44. The summed E-state index contributed by atoms with van der Waals surface area (Å²) in [5.74, 6) is -1.72. The van der Waals surface area contributed by atoms with Crippen molar-refractivity contribution in [3.05, 3.63) is 29.8 Å². The van der Waals surface area contributed by atoms with E-state index in [4.69, 9.17) is 10.8 Å². The summed E-state index contributed by atoms with van der Waals surface area (Å²) >= 11 is 0. The third-order valence-electron chi connectivity index (χ3n) is 2.24. The van der Waals surface area contributed by atoms with Gasteiger partial charge in [0.05, 0.1) is 0 Å². The van der Waals surface area contributed by atoms with Crippen molar-refractivity contribution in [3.8, 4) is 0 Å². The molecule has 0 saturated carbocycles. The van der Waals surface area contributed by atoms with Gasteiger partial charge >= 0.3 is 5.97 Å². The molecule has 0 aliphatic heterocycles. The van der Waals surface area contributed by atoms with Crippen LogP contribution in [0.3, 0.4) is 0 Å². The van der Waals surface area contributed by atoms with Gasteiger partial charge in [-0.05, 0) is 24.3 Å². The van der Waals surface area contributed by atoms with E-state index in [-0.39, 0.29) is 24.3 Å². The Morgan fingerprint density at radius 3 is 2.33 bits per heavy atom. The highest BCUT2D eigenvalue weighted by atomic mass is 32.2. The molecule has 0 aromatic heterocycles. The van der Waals surface area contributed by atoms with Gasteiger partial charge in [-0.2, -0.15) is 13.1 Å². The van der Waals surface area contributed by atoms with Gasteiger partial charge in [-0.1, -0.05) is 0 Å². The number of carboxylic acid groups (broad SMARTS) is 1. The predicted octanol–water partition coefficient (Wildman–Crippen LogP) is -1.29. The summed E-state index contributed by atoms with van der Waals surface area (Å²) in [4.78, 5) is 21.9. The van der Waals surface area contributed by atoms with Crippen molar-refractivity contribution in [2.45, 2.75) is 0 Å². The standard InChI is InChI=1S/C11H16N4O5S/c12-5-6-14-21(19,20)15-9-3-1-8(2-4-9)11(18)13-7-10(16)17/h1-4,14-15H,5-7,12H2,(H,13,18)(H,16,17). The lowest BCUT2D eigenvalue weighted by atomic mass is 10.2. The fraction of sp³-hybridized carbons (Fsp3) is 0.273. The first-order chi connectivity index (χ1) is 9.84. The maximum atomic E-state index is 11.5. The van der Waals surface area contributed by atoms with E-state index in [1.807, 2.05) is 0 Å². The number of carboxylic acids is 1. The number of anilines is 1. The molecule has 9 nitrogen and oxygen atoms in total. The van der Waals surface area contributed by atoms with E-state index in [0.717, 1.165) is 0 Å². The molecule has 21 heavy (non-hydrogen) atoms. The number of carbonyl (C=O) groups excluding carboxylic acids is 1. The molecular formula is C11H16N4O5S. The lowest BCUT2D eigenvalue weighted by molar-refractivity contribution is -0.135. The molecule has 0 unspecified atom stereocenters. The Hall–Kier alpha value is -2.17. The first-order valence-corrected chi connectivity index (χ1v) is 7.40. The second-order valence-electron chi connectivity index (χ2n) is 3.94. The summed E-state index contributed by atoms with van der Waals surface area (Å²) in [5, 5.41) is 10.6. The maximum absolute atomic E-state index is 11.5. The smallest absolute Gasteiger partial charge is 0.322 e. The zero-order valence-electron chi connectivity index (χ0n) is 11.0. The number of amides is 1. The molecule has 0 heterocycles. The van der Waals surface area contributed by atoms with Crippen LogP contribution >= 0.6 is 0 Å². The Bertz CT molecular complexity index is 600. The Kier molecular flexibility index (Phi) is 6.09. The van der Waals surface area contributed by atoms with E-state index in [0.29, 0.717) is 0 Å². The van der Waals surface area contributed by atoms with Crippen molar-refractivity contribution >= 4 is 27.8 Å². The van der Waals surface area contributed by atoms with E-state index in [1.54, 1.807) is 0 Å². The lowest BCUT2D eigenvalue weighted by Crippen LogP contribution is -2.34. The average Bonchev–Trinajstić information content (AvgIpc) is 2.43. The zero-order chi connectivity index (χ0) is 15.9. The number of hydrogen-bond donors (Lipinski definition) is 5. The van der Waals surface area contributed by atoms with Crippen molar-refractivity contribution < 1.29 is 23.1 Å². The lowest BCUT2D eigenvalue weighted by Gasteiger charge is -2.09. The molecule has 0 bridgehead atoms. The number of benzene rings is 1. The summed E-state index contributed by atoms with van der Waals surface area (Å²) in [6, 6.07) is 5.52. The van der Waals surface area contributed by atoms with Gasteiger partial charge < -0.3 is 16.2 Å². The molecule has 10 heteroatoms. The van der Waals surface area contributed by atoms with Gasteiger partial charge in [-0.3, -0.25) is 14.3 Å². The summed E-state index contributed by atoms with van der Waals surface area (Å²) in [6.07, 6.45) is 0. The quantitative estimate of drug-likeness (QED) is 0.402. The summed E-state index contributed by atoms with van der Waals surface area (Å²) in [5.41, 5.74) is 5.67. The first kappa shape index (κ1) is 16.9. The van der Waals surface area contributed by atoms with Crippen LogP contribution in [-0.4, -0.2) is 45.0 Å². The Balaban J connectivity index is 2.65. The monoisotopic (exact) mass is 316 g/mol. The molecule has 0 spiro atoms. The normalized spacial score (nSPS) is 10.9. The molecule has 0 aliphatic carbocycles. The Morgan fingerprint density at radius 2 is 1.81 bits per heavy atom. The number of hydrogen-bond acceptors (Lipinski definition) is 5. The highest BCUT2D eigenvalue weighted by Crippen LogP contribution is 2.10. The summed E-state index contributed by atoms with van der Waals surface area (Å²) < 4.78 is 27.5. The SMILES string of the molecule is NCCNS(=O)(=O)Nc1ccc(C(=O)NCC(=O)O)cc1. The molecule has 1 rings (SSSR count). The van der Waals surface area contributed by atoms with Crippen LogP contribution < -0.4 is 20.5 Å². The van der Waals surface area contributed by atoms with Gasteiger partial charge in [0.15, 0.2) is 0 Å². The summed E-state index contributed by atoms with van der Waals surface area (Å²) in [6.45, 7) is -0.217. The molecule has 0 saturated heterocycles. The molecule has 6 N–H and O–H groups in total. The third-order valence-corrected chi connectivity index (χ3v) is 3.32. The number of aliphatic carboxylic acids is 1. The molecule has 0 atom stereocenters. The van der Waals surface area contributed by atoms with Crippen LogP contribution in [0.2, 0.25) is 0 Å². The molecule has 0 aliphatic rings. The minimum atomic E-state index is -3.71. The maximum Gasteiger partial charge on any atom is 0.322 e. The van der Waals surface area contributed by atoms with Crippen LogP contribution in [-0.2, 0) is 15.0 Å². The molecule has 116 valence electrons. The first-order valence-electron chi connectivity index (χ1n) is 5.91. The largest absolute Gasteiger partial charge is 0.480 e. The van der Waals surface area contributed by atoms with Gasteiger partial charge in [-0.25, -0.2) is 0 Å². The molecule has 0 radical (unpaired) electrons. The van der Waals surface area contributed by atoms with Gasteiger partial charge in [0.1, 0.15) is 6.54 Å². The fourth-order valence-corrected chi connectivity index (χ4v) is 2.24. The number of rotatable bonds is 8. The Morgan fingerprint density at radius 1 is 1.19 bits per heavy atom. The second kappa shape index (κ2) is 7.57. The van der Waals surface area contributed by atoms with E-state index in [9.17, 15) is 18.0 Å². The zero-order valence-corrected chi connectivity index (χ0v) is 11.8. The molecule has 1 amide bonds. The third kappa shape index (κ3) is 6.21. The fourth-order valence-electron chi connectivity index (χ4n) is 1.33. The van der Waals surface area contributed by atoms with Crippen molar-refractivity contribution in [1.82, 2.24) is 10.0 Å². The van der Waals surface area contributed by atoms with Crippen molar-refractivity contribution in [1.29, 1.82) is 0 Å². The van der Waals surface area contributed by atoms with Crippen LogP contribution in [0.15, 0.2) is 24.3 Å². The van der Waals surface area contributed by atoms with Crippen molar-refractivity contribution in [3.63, 3.8) is 0 Å². The van der Waals surface area contributed by atoms with Crippen LogP contribution in [0.4, 0.5) is 5.69 Å². The van der Waals surface area contributed by atoms with Crippen LogP contribution in [0, 0.1) is 0 Å². The highest BCUT2D eigenvalue weighted by molar-refractivity contribution is 7.90. The minimum Gasteiger partial charge on any atom is -0.480 e. The predicted molar refractivity (Wildman–Crippen MR) is 76.0 cm³/mol. The van der Waals surface area contributed by atoms with Crippen molar-refractivity contribution in [2.24, 2.45) is 5.73 Å². The van der Waals surface area contributed by atoms with E-state index >= 15 is 0 Å². The van der Waals surface area contributed by atoms with Gasteiger partial charge in [0.25, 0.3) is 16.1 Å². The van der Waals surface area contributed by atoms with Crippen LogP contribution in [0.1, 0.15) is 10.4 Å². The molecule has 1 aromatic rings. The number of nitrogens with one attached hydrogen (secondary N) is 3. The van der Waals surface area contributed by atoms with Gasteiger partial charge in [0.2, 0.25) is 0 Å². The topological polar surface area (TPSA) is 151 Å². The van der Waals surface area contributed by atoms with Gasteiger partial charge in [0, 0.05) is 24.3 Å². The number of carbonyl (C=O) groups is 2. The van der Waals surface area contributed by atoms with Crippen LogP contribution in [0.25, 0.3) is 0 Å². The van der Waals surface area contributed by atoms with E-state index in [1.165, 1.54) is 24.3 Å². The Labute approximate surface area is 121 Å². The minimum absolute atomic E-state index is 0.102. The highest BCUT2D eigenvalue weighted by Gasteiger charge is 2.10. The van der Waals surface area contributed by atoms with E-state index < -0.39 is 28.6 Å². The summed E-state index contributed by atoms with van der Waals surface area (Å²) in [7, 11) is -3.71. The van der Waals surface area contributed by atoms with Gasteiger partial charge in [-0.15, -0.1) is 0 Å². The van der Waals surface area contributed by atoms with Crippen LogP contribution in [0.5, 0.6) is 0 Å². The molecule has 1 aromatic carbocycles.